The molecule has 7 heteroatoms. The maximum Gasteiger partial charge on any atom is 0.263 e. The third-order valence-electron chi connectivity index (χ3n) is 6.08. The minimum atomic E-state index is 0.0736. The summed E-state index contributed by atoms with van der Waals surface area (Å²) >= 11 is 3.11. The fraction of sp³-hybridized carbons (Fsp3) is 0.667. The van der Waals surface area contributed by atoms with Gasteiger partial charge in [0.15, 0.2) is 5.16 Å². The number of thiophene rings is 1. The molecule has 0 radical (unpaired) electrons. The summed E-state index contributed by atoms with van der Waals surface area (Å²) in [5.74, 6) is 0.464. The molecule has 0 N–H and O–H groups in total. The van der Waals surface area contributed by atoms with Gasteiger partial charge in [0, 0.05) is 24.0 Å². The van der Waals surface area contributed by atoms with Gasteiger partial charge in [-0.2, -0.15) is 0 Å². The van der Waals surface area contributed by atoms with E-state index in [0.29, 0.717) is 17.0 Å². The van der Waals surface area contributed by atoms with Gasteiger partial charge in [0.25, 0.3) is 5.56 Å². The first kappa shape index (κ1) is 20.0. The summed E-state index contributed by atoms with van der Waals surface area (Å²) in [6.45, 7) is 4.16. The Morgan fingerprint density at radius 1 is 1.32 bits per heavy atom. The monoisotopic (exact) mass is 419 g/mol. The lowest BCUT2D eigenvalue weighted by atomic mass is 10.1. The van der Waals surface area contributed by atoms with Crippen molar-refractivity contribution in [2.45, 2.75) is 82.5 Å². The lowest BCUT2D eigenvalue weighted by Gasteiger charge is -2.19. The van der Waals surface area contributed by atoms with Gasteiger partial charge in [0.1, 0.15) is 4.83 Å². The molecule has 2 aliphatic carbocycles. The molecule has 2 aromatic heterocycles. The Labute approximate surface area is 174 Å². The molecule has 152 valence electrons. The SMILES string of the molecule is CCC(C)n1c(SCC(=O)N(C)C2CC2)nc2sc3c(c2c1=O)CCCCC3. The number of hydrogen-bond acceptors (Lipinski definition) is 5. The smallest absolute Gasteiger partial charge is 0.263 e. The highest BCUT2D eigenvalue weighted by Gasteiger charge is 2.30. The van der Waals surface area contributed by atoms with Gasteiger partial charge in [-0.05, 0) is 57.4 Å². The topological polar surface area (TPSA) is 55.2 Å². The lowest BCUT2D eigenvalue weighted by Crippen LogP contribution is -2.31. The van der Waals surface area contributed by atoms with Crippen molar-refractivity contribution >= 4 is 39.2 Å². The highest BCUT2D eigenvalue weighted by atomic mass is 32.2. The molecule has 1 amide bonds. The van der Waals surface area contributed by atoms with Crippen LogP contribution in [0.4, 0.5) is 0 Å². The fourth-order valence-electron chi connectivity index (χ4n) is 3.94. The number of aromatic nitrogens is 2. The number of amides is 1. The molecule has 1 atom stereocenters. The molecule has 28 heavy (non-hydrogen) atoms. The maximum absolute atomic E-state index is 13.5. The molecule has 5 nitrogen and oxygen atoms in total. The third-order valence-corrected chi connectivity index (χ3v) is 8.21. The van der Waals surface area contributed by atoms with Gasteiger partial charge >= 0.3 is 0 Å². The summed E-state index contributed by atoms with van der Waals surface area (Å²) in [5, 5.41) is 1.54. The van der Waals surface area contributed by atoms with Gasteiger partial charge in [0.2, 0.25) is 5.91 Å². The Morgan fingerprint density at radius 3 is 2.79 bits per heavy atom. The predicted molar refractivity (Wildman–Crippen MR) is 117 cm³/mol. The van der Waals surface area contributed by atoms with Gasteiger partial charge < -0.3 is 4.90 Å². The normalized spacial score (nSPS) is 18.0. The van der Waals surface area contributed by atoms with E-state index >= 15 is 0 Å². The molecule has 0 saturated heterocycles. The van der Waals surface area contributed by atoms with E-state index in [1.54, 1.807) is 11.3 Å². The Kier molecular flexibility index (Phi) is 5.83. The van der Waals surface area contributed by atoms with E-state index in [0.717, 1.165) is 48.7 Å². The van der Waals surface area contributed by atoms with E-state index in [4.69, 9.17) is 4.98 Å². The second kappa shape index (κ2) is 8.19. The second-order valence-electron chi connectivity index (χ2n) is 8.10. The molecule has 1 saturated carbocycles. The van der Waals surface area contributed by atoms with Crippen molar-refractivity contribution in [2.24, 2.45) is 0 Å². The molecule has 0 aromatic carbocycles. The van der Waals surface area contributed by atoms with E-state index in [9.17, 15) is 9.59 Å². The number of rotatable bonds is 6. The van der Waals surface area contributed by atoms with Gasteiger partial charge in [-0.25, -0.2) is 4.98 Å². The molecule has 2 aliphatic rings. The number of thioether (sulfide) groups is 1. The van der Waals surface area contributed by atoms with Crippen LogP contribution in [0.3, 0.4) is 0 Å². The first-order valence-electron chi connectivity index (χ1n) is 10.5. The number of carbonyl (C=O) groups is 1. The highest BCUT2D eigenvalue weighted by Crippen LogP contribution is 2.35. The van der Waals surface area contributed by atoms with E-state index in [1.165, 1.54) is 35.0 Å². The Hall–Kier alpha value is -1.34. The van der Waals surface area contributed by atoms with Crippen LogP contribution in [0.15, 0.2) is 9.95 Å². The van der Waals surface area contributed by atoms with Crippen LogP contribution in [0.5, 0.6) is 0 Å². The molecular weight excluding hydrogens is 390 g/mol. The lowest BCUT2D eigenvalue weighted by molar-refractivity contribution is -0.127. The van der Waals surface area contributed by atoms with Crippen molar-refractivity contribution in [3.05, 3.63) is 20.8 Å². The van der Waals surface area contributed by atoms with Crippen LogP contribution in [-0.4, -0.2) is 39.2 Å². The molecular formula is C21H29N3O2S2. The Morgan fingerprint density at radius 2 is 2.07 bits per heavy atom. The van der Waals surface area contributed by atoms with E-state index in [-0.39, 0.29) is 17.5 Å². The van der Waals surface area contributed by atoms with Crippen LogP contribution in [-0.2, 0) is 17.6 Å². The highest BCUT2D eigenvalue weighted by molar-refractivity contribution is 7.99. The summed E-state index contributed by atoms with van der Waals surface area (Å²) in [4.78, 5) is 35.0. The number of hydrogen-bond donors (Lipinski definition) is 0. The average Bonchev–Trinajstić information content (AvgIpc) is 3.50. The van der Waals surface area contributed by atoms with E-state index in [1.807, 2.05) is 16.5 Å². The molecule has 0 spiro atoms. The number of aryl methyl sites for hydroxylation is 2. The maximum atomic E-state index is 13.5. The van der Waals surface area contributed by atoms with Crippen LogP contribution in [0.25, 0.3) is 10.2 Å². The van der Waals surface area contributed by atoms with Crippen LogP contribution in [0, 0.1) is 0 Å². The Bertz CT molecular complexity index is 945. The molecule has 1 fully saturated rings. The van der Waals surface area contributed by atoms with Crippen molar-refractivity contribution in [2.75, 3.05) is 12.8 Å². The van der Waals surface area contributed by atoms with Crippen molar-refractivity contribution < 1.29 is 4.79 Å². The number of nitrogens with zero attached hydrogens (tertiary/aromatic N) is 3. The van der Waals surface area contributed by atoms with Crippen LogP contribution < -0.4 is 5.56 Å². The first-order chi connectivity index (χ1) is 13.5. The molecule has 2 aromatic rings. The summed E-state index contributed by atoms with van der Waals surface area (Å²) in [6, 6.07) is 0.484. The first-order valence-corrected chi connectivity index (χ1v) is 12.3. The third kappa shape index (κ3) is 3.75. The van der Waals surface area contributed by atoms with Crippen molar-refractivity contribution in [3.8, 4) is 0 Å². The van der Waals surface area contributed by atoms with Gasteiger partial charge in [-0.3, -0.25) is 14.2 Å². The summed E-state index contributed by atoms with van der Waals surface area (Å²) in [5.41, 5.74) is 1.33. The van der Waals surface area contributed by atoms with Crippen LogP contribution >= 0.6 is 23.1 Å². The zero-order chi connectivity index (χ0) is 19.8. The van der Waals surface area contributed by atoms with E-state index < -0.39 is 0 Å². The van der Waals surface area contributed by atoms with E-state index in [2.05, 4.69) is 13.8 Å². The quantitative estimate of drug-likeness (QED) is 0.395. The molecule has 4 rings (SSSR count). The van der Waals surface area contributed by atoms with Crippen molar-refractivity contribution in [1.29, 1.82) is 0 Å². The predicted octanol–water partition coefficient (Wildman–Crippen LogP) is 4.41. The molecule has 1 unspecified atom stereocenters. The summed E-state index contributed by atoms with van der Waals surface area (Å²) < 4.78 is 1.84. The zero-order valence-corrected chi connectivity index (χ0v) is 18.6. The van der Waals surface area contributed by atoms with Gasteiger partial charge in [-0.1, -0.05) is 25.1 Å². The molecule has 2 heterocycles. The summed E-state index contributed by atoms with van der Waals surface area (Å²) in [6.07, 6.45) is 8.72. The van der Waals surface area contributed by atoms with Crippen molar-refractivity contribution in [1.82, 2.24) is 14.5 Å². The zero-order valence-electron chi connectivity index (χ0n) is 17.0. The average molecular weight is 420 g/mol. The minimum Gasteiger partial charge on any atom is -0.342 e. The standard InChI is InChI=1S/C21H29N3O2S2/c1-4-13(2)24-20(26)18-15-8-6-5-7-9-16(15)28-19(18)22-21(24)27-12-17(25)23(3)14-10-11-14/h13-14H,4-12H2,1-3H3. The molecule has 0 bridgehead atoms. The largest absolute Gasteiger partial charge is 0.342 e. The number of fused-ring (bicyclic) bond motifs is 3. The van der Waals surface area contributed by atoms with Crippen molar-refractivity contribution in [3.63, 3.8) is 0 Å². The fourth-order valence-corrected chi connectivity index (χ4v) is 6.27. The van der Waals surface area contributed by atoms with Gasteiger partial charge in [-0.15, -0.1) is 11.3 Å². The Balaban J connectivity index is 1.72. The molecule has 0 aliphatic heterocycles. The van der Waals surface area contributed by atoms with Crippen LogP contribution in [0.1, 0.15) is 68.9 Å². The van der Waals surface area contributed by atoms with Gasteiger partial charge in [0.05, 0.1) is 11.1 Å². The van der Waals surface area contributed by atoms with Crippen LogP contribution in [0.2, 0.25) is 0 Å². The second-order valence-corrected chi connectivity index (χ2v) is 10.1. The minimum absolute atomic E-state index is 0.0736. The number of carbonyl (C=O) groups excluding carboxylic acids is 1. The summed E-state index contributed by atoms with van der Waals surface area (Å²) in [7, 11) is 1.88.